The van der Waals surface area contributed by atoms with Crippen LogP contribution in [-0.2, 0) is 20.2 Å². The topological polar surface area (TPSA) is 0 Å². The zero-order valence-electron chi connectivity index (χ0n) is 4.87. The standard InChI is InChI=1S/C5H9.Hg.HI/c1-4-5(2)3;;/h4H,1H2,2-3H3;;1H/q;+1;/p-1. The Morgan fingerprint density at radius 3 is 2.43 bits per heavy atom. The van der Waals surface area contributed by atoms with Crippen LogP contribution in [-0.4, -0.2) is 0 Å². The first kappa shape index (κ1) is 8.41. The molecule has 7 heavy (non-hydrogen) atoms. The van der Waals surface area contributed by atoms with Gasteiger partial charge in [-0.1, -0.05) is 0 Å². The minimum atomic E-state index is -0.320. The van der Waals surface area contributed by atoms with Gasteiger partial charge in [-0.15, -0.1) is 0 Å². The molecule has 0 bridgehead atoms. The van der Waals surface area contributed by atoms with E-state index in [1.807, 2.05) is 0 Å². The Hall–Kier alpha value is 1.41. The van der Waals surface area contributed by atoms with Crippen molar-refractivity contribution >= 4 is 17.7 Å². The Morgan fingerprint density at radius 2 is 2.29 bits per heavy atom. The van der Waals surface area contributed by atoms with Crippen LogP contribution in [0, 0.1) is 0 Å². The van der Waals surface area contributed by atoms with Gasteiger partial charge in [-0.3, -0.25) is 0 Å². The van der Waals surface area contributed by atoms with Crippen molar-refractivity contribution in [2.75, 3.05) is 0 Å². The van der Waals surface area contributed by atoms with E-state index in [0.717, 1.165) is 0 Å². The SMILES string of the molecule is CC(C)=C[CH2][Hg][I]. The molecule has 0 aliphatic rings. The third-order valence-corrected chi connectivity index (χ3v) is 8.10. The third kappa shape index (κ3) is 7.41. The van der Waals surface area contributed by atoms with Gasteiger partial charge in [-0.2, -0.15) is 0 Å². The molecule has 0 heterocycles. The molecule has 0 fully saturated rings. The first-order valence-electron chi connectivity index (χ1n) is 2.46. The Labute approximate surface area is 66.6 Å². The second-order valence-electron chi connectivity index (χ2n) is 1.76. The normalized spacial score (nSPS) is 7.29. The number of rotatable bonds is 2. The van der Waals surface area contributed by atoms with E-state index in [1.165, 1.54) is 9.50 Å². The molecule has 0 aromatic carbocycles. The van der Waals surface area contributed by atoms with Crippen molar-refractivity contribution in [3.8, 4) is 0 Å². The first-order chi connectivity index (χ1) is 3.27. The van der Waals surface area contributed by atoms with Crippen molar-refractivity contribution in [3.05, 3.63) is 11.6 Å². The summed E-state index contributed by atoms with van der Waals surface area (Å²) in [5, 5.41) is 0. The van der Waals surface area contributed by atoms with Gasteiger partial charge in [0.05, 0.1) is 0 Å². The summed E-state index contributed by atoms with van der Waals surface area (Å²) in [6.07, 6.45) is 2.36. The summed E-state index contributed by atoms with van der Waals surface area (Å²) in [6, 6.07) is 0. The molecule has 0 nitrogen and oxygen atoms in total. The Balaban J connectivity index is 3.08. The molecule has 0 spiro atoms. The van der Waals surface area contributed by atoms with Crippen molar-refractivity contribution in [2.24, 2.45) is 0 Å². The molecule has 2 heteroatoms. The molecule has 38 valence electrons. The van der Waals surface area contributed by atoms with Crippen LogP contribution in [0.1, 0.15) is 13.8 Å². The maximum atomic E-state index is 2.60. The Kier molecular flexibility index (Phi) is 6.65. The quantitative estimate of drug-likeness (QED) is 0.383. The molecule has 0 atom stereocenters. The second-order valence-corrected chi connectivity index (χ2v) is 14.9. The summed E-state index contributed by atoms with van der Waals surface area (Å²) in [4.78, 5) is 0. The monoisotopic (exact) mass is 398 g/mol. The number of hydrogen-bond donors (Lipinski definition) is 0. The predicted octanol–water partition coefficient (Wildman–Crippen LogP) is 2.80. The van der Waals surface area contributed by atoms with E-state index in [4.69, 9.17) is 0 Å². The molecule has 0 unspecified atom stereocenters. The van der Waals surface area contributed by atoms with Crippen molar-refractivity contribution in [3.63, 3.8) is 0 Å². The van der Waals surface area contributed by atoms with Crippen molar-refractivity contribution in [1.82, 2.24) is 0 Å². The van der Waals surface area contributed by atoms with Crippen molar-refractivity contribution < 1.29 is 20.2 Å². The van der Waals surface area contributed by atoms with Gasteiger partial charge in [0.2, 0.25) is 0 Å². The average Bonchev–Trinajstić information content (AvgIpc) is 1.61. The molecule has 0 aliphatic carbocycles. The van der Waals surface area contributed by atoms with Crippen LogP contribution in [0.4, 0.5) is 0 Å². The predicted molar refractivity (Wildman–Crippen MR) is 38.3 cm³/mol. The van der Waals surface area contributed by atoms with Gasteiger partial charge in [-0.05, 0) is 0 Å². The summed E-state index contributed by atoms with van der Waals surface area (Å²) in [7, 11) is 0. The summed E-state index contributed by atoms with van der Waals surface area (Å²) in [5.41, 5.74) is 1.48. The molecule has 0 amide bonds. The molecule has 0 saturated heterocycles. The number of hydrogen-bond acceptors (Lipinski definition) is 0. The average molecular weight is 397 g/mol. The molecular weight excluding hydrogens is 388 g/mol. The van der Waals surface area contributed by atoms with Gasteiger partial charge in [0.25, 0.3) is 0 Å². The molecule has 0 aromatic heterocycles. The van der Waals surface area contributed by atoms with Crippen LogP contribution < -0.4 is 0 Å². The van der Waals surface area contributed by atoms with Crippen molar-refractivity contribution in [1.29, 1.82) is 0 Å². The maximum absolute atomic E-state index is 2.60. The van der Waals surface area contributed by atoms with E-state index in [0.29, 0.717) is 0 Å². The Bertz CT molecular complexity index is 64.5. The Morgan fingerprint density at radius 1 is 1.71 bits per heavy atom. The second kappa shape index (κ2) is 5.54. The van der Waals surface area contributed by atoms with E-state index >= 15 is 0 Å². The van der Waals surface area contributed by atoms with Crippen LogP contribution in [0.25, 0.3) is 0 Å². The molecular formula is C5H9HgI. The van der Waals surface area contributed by atoms with E-state index in [-0.39, 0.29) is 20.2 Å². The molecule has 0 saturated carbocycles. The number of allylic oxidation sites excluding steroid dienone is 2. The number of halogens is 1. The van der Waals surface area contributed by atoms with Crippen LogP contribution in [0.15, 0.2) is 11.6 Å². The minimum absolute atomic E-state index is 0.320. The van der Waals surface area contributed by atoms with E-state index < -0.39 is 0 Å². The zero-order valence-corrected chi connectivity index (χ0v) is 12.5. The van der Waals surface area contributed by atoms with Gasteiger partial charge < -0.3 is 0 Å². The van der Waals surface area contributed by atoms with Crippen LogP contribution in [0.5, 0.6) is 0 Å². The van der Waals surface area contributed by atoms with Gasteiger partial charge in [0, 0.05) is 0 Å². The molecule has 0 rings (SSSR count). The van der Waals surface area contributed by atoms with Crippen LogP contribution in [0.3, 0.4) is 0 Å². The summed E-state index contributed by atoms with van der Waals surface area (Å²) in [5.74, 6) is 0. The van der Waals surface area contributed by atoms with E-state index in [1.54, 1.807) is 0 Å². The van der Waals surface area contributed by atoms with E-state index in [2.05, 4.69) is 37.6 Å². The third-order valence-electron chi connectivity index (χ3n) is 0.662. The fraction of sp³-hybridized carbons (Fsp3) is 0.600. The molecule has 0 radical (unpaired) electrons. The van der Waals surface area contributed by atoms with Gasteiger partial charge >= 0.3 is 67.3 Å². The molecule has 0 aromatic rings. The fourth-order valence-electron chi connectivity index (χ4n) is 0.343. The van der Waals surface area contributed by atoms with Crippen LogP contribution >= 0.6 is 17.7 Å². The van der Waals surface area contributed by atoms with E-state index in [9.17, 15) is 0 Å². The van der Waals surface area contributed by atoms with Crippen LogP contribution in [0.2, 0.25) is 3.93 Å². The zero-order chi connectivity index (χ0) is 5.70. The summed E-state index contributed by atoms with van der Waals surface area (Å²) >= 11 is 2.28. The summed E-state index contributed by atoms with van der Waals surface area (Å²) < 4.78 is 1.45. The van der Waals surface area contributed by atoms with Crippen molar-refractivity contribution in [2.45, 2.75) is 17.8 Å². The van der Waals surface area contributed by atoms with Gasteiger partial charge in [-0.25, -0.2) is 0 Å². The molecule has 0 N–H and O–H groups in total. The van der Waals surface area contributed by atoms with Gasteiger partial charge in [0.1, 0.15) is 0 Å². The molecule has 0 aliphatic heterocycles. The van der Waals surface area contributed by atoms with Gasteiger partial charge in [0.15, 0.2) is 0 Å². The summed E-state index contributed by atoms with van der Waals surface area (Å²) in [6.45, 7) is 4.33. The fourth-order valence-corrected chi connectivity index (χ4v) is 5.74. The first-order valence-corrected chi connectivity index (χ1v) is 21.8.